The lowest BCUT2D eigenvalue weighted by molar-refractivity contribution is -0.141. The predicted molar refractivity (Wildman–Crippen MR) is 161 cm³/mol. The van der Waals surface area contributed by atoms with Gasteiger partial charge in [-0.2, -0.15) is 0 Å². The van der Waals surface area contributed by atoms with Crippen molar-refractivity contribution >= 4 is 35.7 Å². The summed E-state index contributed by atoms with van der Waals surface area (Å²) in [5.74, 6) is -3.40. The summed E-state index contributed by atoms with van der Waals surface area (Å²) in [5, 5.41) is 22.6. The number of ether oxygens (including phenoxy) is 2. The van der Waals surface area contributed by atoms with Crippen LogP contribution in [0.4, 0.5) is 4.79 Å². The Labute approximate surface area is 258 Å². The maximum atomic E-state index is 13.3. The van der Waals surface area contributed by atoms with Gasteiger partial charge in [-0.05, 0) is 44.1 Å². The third-order valence-electron chi connectivity index (χ3n) is 6.32. The largest absolute Gasteiger partial charge is 0.468 e. The maximum Gasteiger partial charge on any atom is 0.408 e. The number of aliphatic hydroxyl groups is 1. The second-order valence-corrected chi connectivity index (χ2v) is 11.3. The molecule has 14 heteroatoms. The summed E-state index contributed by atoms with van der Waals surface area (Å²) in [6, 6.07) is 4.25. The van der Waals surface area contributed by atoms with Gasteiger partial charge in [-0.15, -0.1) is 0 Å². The van der Waals surface area contributed by atoms with E-state index in [1.165, 1.54) is 21.0 Å². The molecule has 14 nitrogen and oxygen atoms in total. The van der Waals surface area contributed by atoms with Crippen LogP contribution in [0.25, 0.3) is 0 Å². The van der Waals surface area contributed by atoms with E-state index in [2.05, 4.69) is 31.3 Å². The van der Waals surface area contributed by atoms with E-state index in [0.29, 0.717) is 0 Å². The molecule has 0 saturated carbocycles. The van der Waals surface area contributed by atoms with Crippen molar-refractivity contribution in [3.63, 3.8) is 0 Å². The Hall–Kier alpha value is -4.20. The van der Waals surface area contributed by atoms with Crippen molar-refractivity contribution in [2.24, 2.45) is 11.8 Å². The number of carbonyl (C=O) groups excluding carboxylic acids is 6. The molecule has 0 heterocycles. The number of hydrogen-bond donors (Lipinski definition) is 6. The first-order chi connectivity index (χ1) is 20.6. The Morgan fingerprint density at radius 1 is 0.727 bits per heavy atom. The fourth-order valence-corrected chi connectivity index (χ4v) is 4.00. The zero-order valence-electron chi connectivity index (χ0n) is 26.5. The molecule has 0 aromatic heterocycles. The highest BCUT2D eigenvalue weighted by molar-refractivity contribution is 5.95. The van der Waals surface area contributed by atoms with Gasteiger partial charge in [0.15, 0.2) is 0 Å². The lowest BCUT2D eigenvalue weighted by Gasteiger charge is -2.27. The van der Waals surface area contributed by atoms with Gasteiger partial charge in [0.1, 0.15) is 37.3 Å². The molecule has 0 radical (unpaired) electrons. The average molecular weight is 622 g/mol. The van der Waals surface area contributed by atoms with Gasteiger partial charge in [0.05, 0.1) is 13.2 Å². The number of carbonyl (C=O) groups is 6. The summed E-state index contributed by atoms with van der Waals surface area (Å²) in [4.78, 5) is 75.6. The van der Waals surface area contributed by atoms with Crippen LogP contribution in [0, 0.1) is 11.8 Å². The summed E-state index contributed by atoms with van der Waals surface area (Å²) in [6.45, 7) is 9.69. The third kappa shape index (κ3) is 14.3. The van der Waals surface area contributed by atoms with E-state index in [-0.39, 0.29) is 37.8 Å². The van der Waals surface area contributed by atoms with Crippen molar-refractivity contribution < 1.29 is 43.3 Å². The van der Waals surface area contributed by atoms with E-state index in [1.807, 2.05) is 33.8 Å². The minimum absolute atomic E-state index is 0.0173. The molecule has 6 N–H and O–H groups in total. The van der Waals surface area contributed by atoms with E-state index in [1.54, 1.807) is 24.3 Å². The van der Waals surface area contributed by atoms with Gasteiger partial charge in [0.2, 0.25) is 23.6 Å². The molecule has 44 heavy (non-hydrogen) atoms. The Balaban J connectivity index is 2.87. The molecule has 246 valence electrons. The highest BCUT2D eigenvalue weighted by atomic mass is 16.5. The topological polar surface area (TPSA) is 201 Å². The minimum Gasteiger partial charge on any atom is -0.468 e. The van der Waals surface area contributed by atoms with Crippen molar-refractivity contribution in [3.05, 3.63) is 35.9 Å². The molecule has 0 aliphatic carbocycles. The second kappa shape index (κ2) is 19.2. The Kier molecular flexibility index (Phi) is 16.5. The van der Waals surface area contributed by atoms with E-state index >= 15 is 0 Å². The number of esters is 1. The first-order valence-corrected chi connectivity index (χ1v) is 14.5. The molecule has 1 aromatic rings. The SMILES string of the molecule is COC(=O)CNC(=O)[C@H](CC(C)C)NC(=O)[C@H](CC(C)C)NC(=O)[C@H](C)NC(=O)[C@@H](NC(=O)OCc1ccccc1)[C@@H](C)O. The summed E-state index contributed by atoms with van der Waals surface area (Å²) >= 11 is 0. The number of aliphatic hydroxyl groups excluding tert-OH is 1. The monoisotopic (exact) mass is 621 g/mol. The zero-order valence-corrected chi connectivity index (χ0v) is 26.5. The van der Waals surface area contributed by atoms with Crippen molar-refractivity contribution in [1.29, 1.82) is 0 Å². The number of hydrogen-bond acceptors (Lipinski definition) is 9. The molecule has 0 spiro atoms. The fraction of sp³-hybridized carbons (Fsp3) is 0.600. The van der Waals surface area contributed by atoms with Crippen LogP contribution >= 0.6 is 0 Å². The number of alkyl carbamates (subject to hydrolysis) is 1. The molecule has 0 aliphatic rings. The summed E-state index contributed by atoms with van der Waals surface area (Å²) in [5.41, 5.74) is 0.725. The Morgan fingerprint density at radius 3 is 1.80 bits per heavy atom. The number of rotatable bonds is 17. The van der Waals surface area contributed by atoms with Crippen LogP contribution < -0.4 is 26.6 Å². The number of benzene rings is 1. The lowest BCUT2D eigenvalue weighted by Crippen LogP contribution is -2.59. The molecule has 1 aromatic carbocycles. The fourth-order valence-electron chi connectivity index (χ4n) is 4.00. The van der Waals surface area contributed by atoms with Crippen LogP contribution in [0.5, 0.6) is 0 Å². The van der Waals surface area contributed by atoms with Crippen LogP contribution in [0.15, 0.2) is 30.3 Å². The number of nitrogens with one attached hydrogen (secondary N) is 5. The van der Waals surface area contributed by atoms with Gasteiger partial charge in [-0.3, -0.25) is 24.0 Å². The lowest BCUT2D eigenvalue weighted by atomic mass is 10.00. The van der Waals surface area contributed by atoms with Crippen LogP contribution in [0.1, 0.15) is 59.9 Å². The van der Waals surface area contributed by atoms with E-state index in [9.17, 15) is 33.9 Å². The first kappa shape index (κ1) is 37.8. The van der Waals surface area contributed by atoms with Gasteiger partial charge in [0.25, 0.3) is 0 Å². The number of methoxy groups -OCH3 is 1. The third-order valence-corrected chi connectivity index (χ3v) is 6.32. The van der Waals surface area contributed by atoms with E-state index in [0.717, 1.165) is 5.56 Å². The molecule has 0 fully saturated rings. The molecular formula is C30H47N5O9. The van der Waals surface area contributed by atoms with Crippen molar-refractivity contribution in [1.82, 2.24) is 26.6 Å². The summed E-state index contributed by atoms with van der Waals surface area (Å²) in [6.07, 6.45) is -1.76. The van der Waals surface area contributed by atoms with Crippen molar-refractivity contribution in [3.8, 4) is 0 Å². The standard InChI is InChI=1S/C30H47N5O9/c1-17(2)13-22(27(39)31-15-24(37)43-7)34-28(40)23(14-18(3)4)33-26(38)19(5)32-29(41)25(20(6)36)35-30(42)44-16-21-11-9-8-10-12-21/h8-12,17-20,22-23,25,36H,13-16H2,1-7H3,(H,31,39)(H,32,41)(H,33,38)(H,34,40)(H,35,42)/t19-,20+,22-,23-,25-/m0/s1. The van der Waals surface area contributed by atoms with E-state index in [4.69, 9.17) is 4.74 Å². The molecule has 0 aliphatic heterocycles. The van der Waals surface area contributed by atoms with Crippen LogP contribution in [0.3, 0.4) is 0 Å². The Bertz CT molecular complexity index is 1110. The predicted octanol–water partition coefficient (Wildman–Crippen LogP) is 0.518. The number of amides is 5. The van der Waals surface area contributed by atoms with Crippen LogP contribution in [0.2, 0.25) is 0 Å². The van der Waals surface area contributed by atoms with Crippen molar-refractivity contribution in [2.75, 3.05) is 13.7 Å². The van der Waals surface area contributed by atoms with Crippen molar-refractivity contribution in [2.45, 2.75) is 91.3 Å². The smallest absolute Gasteiger partial charge is 0.408 e. The first-order valence-electron chi connectivity index (χ1n) is 14.5. The van der Waals surface area contributed by atoms with Gasteiger partial charge >= 0.3 is 12.1 Å². The maximum absolute atomic E-state index is 13.3. The minimum atomic E-state index is -1.43. The highest BCUT2D eigenvalue weighted by Gasteiger charge is 2.32. The highest BCUT2D eigenvalue weighted by Crippen LogP contribution is 2.10. The van der Waals surface area contributed by atoms with Gasteiger partial charge in [-0.1, -0.05) is 58.0 Å². The molecular weight excluding hydrogens is 574 g/mol. The molecule has 5 atom stereocenters. The zero-order chi connectivity index (χ0) is 33.4. The normalized spacial score (nSPS) is 14.3. The van der Waals surface area contributed by atoms with Gasteiger partial charge in [-0.25, -0.2) is 4.79 Å². The molecule has 0 saturated heterocycles. The van der Waals surface area contributed by atoms with E-state index < -0.39 is 66.0 Å². The van der Waals surface area contributed by atoms with Gasteiger partial charge in [0, 0.05) is 0 Å². The average Bonchev–Trinajstić information content (AvgIpc) is 2.96. The molecule has 0 unspecified atom stereocenters. The second-order valence-electron chi connectivity index (χ2n) is 11.3. The summed E-state index contributed by atoms with van der Waals surface area (Å²) in [7, 11) is 1.19. The van der Waals surface area contributed by atoms with Gasteiger partial charge < -0.3 is 41.2 Å². The molecule has 5 amide bonds. The molecule has 0 bridgehead atoms. The molecule has 1 rings (SSSR count). The van der Waals surface area contributed by atoms with Crippen LogP contribution in [-0.2, 0) is 40.1 Å². The quantitative estimate of drug-likeness (QED) is 0.134. The van der Waals surface area contributed by atoms with Crippen LogP contribution in [-0.4, -0.2) is 84.7 Å². The Morgan fingerprint density at radius 2 is 1.27 bits per heavy atom. The summed E-state index contributed by atoms with van der Waals surface area (Å²) < 4.78 is 9.65.